The molecule has 1 fully saturated rings. The van der Waals surface area contributed by atoms with Crippen LogP contribution < -0.4 is 10.2 Å². The number of halogens is 1. The molecule has 1 aliphatic rings. The van der Waals surface area contributed by atoms with E-state index in [4.69, 9.17) is 9.97 Å². The Kier molecular flexibility index (Phi) is 5.81. The summed E-state index contributed by atoms with van der Waals surface area (Å²) in [4.78, 5) is 16.7. The first-order valence-electron chi connectivity index (χ1n) is 11.0. The second-order valence-corrected chi connectivity index (χ2v) is 9.18. The monoisotopic (exact) mass is 498 g/mol. The van der Waals surface area contributed by atoms with Crippen molar-refractivity contribution >= 4 is 38.9 Å². The van der Waals surface area contributed by atoms with Crippen molar-refractivity contribution < 1.29 is 0 Å². The van der Waals surface area contributed by atoms with Crippen LogP contribution in [0, 0.1) is 5.92 Å². The first-order valence-corrected chi connectivity index (χ1v) is 11.8. The van der Waals surface area contributed by atoms with Crippen molar-refractivity contribution in [2.45, 2.75) is 45.8 Å². The Bertz CT molecular complexity index is 1170. The van der Waals surface area contributed by atoms with Crippen molar-refractivity contribution in [3.63, 3.8) is 0 Å². The second kappa shape index (κ2) is 8.89. The number of rotatable bonds is 7. The van der Waals surface area contributed by atoms with E-state index in [9.17, 15) is 0 Å². The van der Waals surface area contributed by atoms with Crippen LogP contribution in [0.1, 0.15) is 38.4 Å². The molecule has 32 heavy (non-hydrogen) atoms. The van der Waals surface area contributed by atoms with Gasteiger partial charge in [-0.1, -0.05) is 0 Å². The number of nitrogens with one attached hydrogen (secondary N) is 2. The smallest absolute Gasteiger partial charge is 0.227 e. The molecule has 1 aliphatic heterocycles. The maximum absolute atomic E-state index is 4.90. The summed E-state index contributed by atoms with van der Waals surface area (Å²) in [5, 5.41) is 14.9. The van der Waals surface area contributed by atoms with E-state index in [0.29, 0.717) is 11.9 Å². The van der Waals surface area contributed by atoms with Gasteiger partial charge in [0.1, 0.15) is 0 Å². The summed E-state index contributed by atoms with van der Waals surface area (Å²) in [6, 6.07) is 1.97. The van der Waals surface area contributed by atoms with Crippen LogP contribution in [0.4, 0.5) is 11.8 Å². The van der Waals surface area contributed by atoms with Gasteiger partial charge in [-0.2, -0.15) is 20.2 Å². The zero-order chi connectivity index (χ0) is 22.1. The van der Waals surface area contributed by atoms with Gasteiger partial charge in [0.25, 0.3) is 0 Å². The van der Waals surface area contributed by atoms with Gasteiger partial charge in [-0.05, 0) is 54.6 Å². The number of fused-ring (bicyclic) bond motifs is 1. The predicted molar refractivity (Wildman–Crippen MR) is 126 cm³/mol. The lowest BCUT2D eigenvalue weighted by atomic mass is 9.97. The van der Waals surface area contributed by atoms with Gasteiger partial charge in [0.05, 0.1) is 28.7 Å². The van der Waals surface area contributed by atoms with E-state index in [1.165, 1.54) is 0 Å². The van der Waals surface area contributed by atoms with E-state index in [0.717, 1.165) is 66.2 Å². The fourth-order valence-electron chi connectivity index (χ4n) is 4.26. The molecule has 0 saturated carbocycles. The van der Waals surface area contributed by atoms with Crippen molar-refractivity contribution in [3.8, 4) is 0 Å². The number of aromatic nitrogens is 8. The maximum Gasteiger partial charge on any atom is 0.227 e. The number of H-pyrrole nitrogens is 1. The summed E-state index contributed by atoms with van der Waals surface area (Å²) in [5.74, 6) is 2.11. The number of hydrogen-bond donors (Lipinski definition) is 2. The predicted octanol–water partition coefficient (Wildman–Crippen LogP) is 3.62. The van der Waals surface area contributed by atoms with Gasteiger partial charge in [0.2, 0.25) is 5.95 Å². The summed E-state index contributed by atoms with van der Waals surface area (Å²) in [6.45, 7) is 7.79. The summed E-state index contributed by atoms with van der Waals surface area (Å²) < 4.78 is 5.11. The zero-order valence-electron chi connectivity index (χ0n) is 18.2. The van der Waals surface area contributed by atoms with Gasteiger partial charge in [-0.15, -0.1) is 0 Å². The summed E-state index contributed by atoms with van der Waals surface area (Å²) in [5.41, 5.74) is 2.71. The molecule has 0 bridgehead atoms. The maximum atomic E-state index is 4.90. The number of aromatic amines is 1. The molecule has 1 atom stereocenters. The van der Waals surface area contributed by atoms with E-state index >= 15 is 0 Å². The molecular weight excluding hydrogens is 472 g/mol. The van der Waals surface area contributed by atoms with Crippen molar-refractivity contribution in [1.29, 1.82) is 0 Å². The fourth-order valence-corrected chi connectivity index (χ4v) is 4.58. The van der Waals surface area contributed by atoms with Crippen LogP contribution in [-0.4, -0.2) is 52.6 Å². The number of hydrogen-bond acceptors (Lipinski definition) is 7. The Hall–Kier alpha value is -2.95. The van der Waals surface area contributed by atoms with Crippen LogP contribution in [0.25, 0.3) is 11.2 Å². The third kappa shape index (κ3) is 4.21. The summed E-state index contributed by atoms with van der Waals surface area (Å²) in [7, 11) is 0. The Balaban J connectivity index is 1.37. The van der Waals surface area contributed by atoms with Gasteiger partial charge in [0.15, 0.2) is 17.0 Å². The molecule has 4 aromatic rings. The molecule has 0 aromatic carbocycles. The second-order valence-electron chi connectivity index (χ2n) is 8.26. The molecule has 0 amide bonds. The van der Waals surface area contributed by atoms with E-state index in [2.05, 4.69) is 64.8 Å². The van der Waals surface area contributed by atoms with E-state index in [1.807, 2.05) is 29.5 Å². The number of piperidine rings is 1. The Morgan fingerprint density at radius 1 is 1.28 bits per heavy atom. The molecule has 1 saturated heterocycles. The molecular formula is C21H27BrN10. The minimum absolute atomic E-state index is 0.0138. The number of nitrogens with zero attached hydrogens (tertiary/aromatic N) is 8. The lowest BCUT2D eigenvalue weighted by molar-refractivity contribution is 0.342. The molecule has 0 radical (unpaired) electrons. The topological polar surface area (TPSA) is 105 Å². The lowest BCUT2D eigenvalue weighted by Gasteiger charge is -2.33. The molecule has 0 aliphatic carbocycles. The molecule has 5 rings (SSSR count). The quantitative estimate of drug-likeness (QED) is 0.400. The Morgan fingerprint density at radius 2 is 2.12 bits per heavy atom. The number of anilines is 2. The van der Waals surface area contributed by atoms with Crippen LogP contribution >= 0.6 is 15.9 Å². The van der Waals surface area contributed by atoms with Crippen molar-refractivity contribution in [2.24, 2.45) is 5.92 Å². The third-order valence-corrected chi connectivity index (χ3v) is 6.49. The van der Waals surface area contributed by atoms with E-state index < -0.39 is 0 Å². The summed E-state index contributed by atoms with van der Waals surface area (Å²) in [6.07, 6.45) is 9.66. The van der Waals surface area contributed by atoms with Crippen LogP contribution in [-0.2, 0) is 13.1 Å². The Morgan fingerprint density at radius 3 is 2.81 bits per heavy atom. The van der Waals surface area contributed by atoms with E-state index in [1.54, 1.807) is 6.20 Å². The highest BCUT2D eigenvalue weighted by Gasteiger charge is 2.25. The van der Waals surface area contributed by atoms with Crippen LogP contribution in [0.5, 0.6) is 0 Å². The average Bonchev–Trinajstić information content (AvgIpc) is 3.55. The van der Waals surface area contributed by atoms with E-state index in [-0.39, 0.29) is 6.04 Å². The minimum Gasteiger partial charge on any atom is -0.355 e. The molecule has 2 N–H and O–H groups in total. The fraction of sp³-hybridized carbons (Fsp3) is 0.476. The normalized spacial score (nSPS) is 16.0. The highest BCUT2D eigenvalue weighted by molar-refractivity contribution is 9.10. The highest BCUT2D eigenvalue weighted by atomic mass is 79.9. The number of imidazole rings is 1. The van der Waals surface area contributed by atoms with Crippen molar-refractivity contribution in [2.75, 3.05) is 23.3 Å². The highest BCUT2D eigenvalue weighted by Crippen LogP contribution is 2.30. The van der Waals surface area contributed by atoms with Crippen molar-refractivity contribution in [3.05, 3.63) is 41.2 Å². The molecule has 11 heteroatoms. The molecule has 1 unspecified atom stereocenters. The zero-order valence-corrected chi connectivity index (χ0v) is 19.8. The van der Waals surface area contributed by atoms with Crippen LogP contribution in [0.15, 0.2) is 35.5 Å². The SMILES string of the molecule is CCn1cnc2c(N3CCC(Cn4cc(Br)cn4)CC3)nc(NC(C)c3ccn[nH]3)nc21. The molecule has 5 heterocycles. The van der Waals surface area contributed by atoms with Crippen LogP contribution in [0.2, 0.25) is 0 Å². The first-order chi connectivity index (χ1) is 15.6. The minimum atomic E-state index is 0.0138. The molecule has 10 nitrogen and oxygen atoms in total. The molecule has 168 valence electrons. The average molecular weight is 499 g/mol. The molecule has 0 spiro atoms. The van der Waals surface area contributed by atoms with Crippen LogP contribution in [0.3, 0.4) is 0 Å². The largest absolute Gasteiger partial charge is 0.355 e. The lowest BCUT2D eigenvalue weighted by Crippen LogP contribution is -2.36. The van der Waals surface area contributed by atoms with Gasteiger partial charge in [-0.3, -0.25) is 9.78 Å². The van der Waals surface area contributed by atoms with Gasteiger partial charge < -0.3 is 14.8 Å². The Labute approximate surface area is 194 Å². The number of aryl methyl sites for hydroxylation is 1. The first kappa shape index (κ1) is 20.9. The van der Waals surface area contributed by atoms with Gasteiger partial charge in [0, 0.05) is 38.6 Å². The van der Waals surface area contributed by atoms with Crippen molar-refractivity contribution in [1.82, 2.24) is 39.5 Å². The third-order valence-electron chi connectivity index (χ3n) is 6.08. The standard InChI is InChI=1S/C21H27BrN10/c1-3-30-13-23-18-19(30)27-21(26-14(2)17-4-7-24-29-17)28-20(18)31-8-5-15(6-9-31)11-32-12-16(22)10-25-32/h4,7,10,12-15H,3,5-6,8-9,11H2,1-2H3,(H,24,29)(H,26,27,28). The summed E-state index contributed by atoms with van der Waals surface area (Å²) >= 11 is 3.48. The van der Waals surface area contributed by atoms with Gasteiger partial charge >= 0.3 is 0 Å². The molecule has 4 aromatic heterocycles. The van der Waals surface area contributed by atoms with Gasteiger partial charge in [-0.25, -0.2) is 4.98 Å².